The van der Waals surface area contributed by atoms with Crippen LogP contribution in [-0.4, -0.2) is 63.5 Å². The van der Waals surface area contributed by atoms with Gasteiger partial charge in [-0.1, -0.05) is 92.4 Å². The van der Waals surface area contributed by atoms with Gasteiger partial charge in [-0.15, -0.1) is 0 Å². The van der Waals surface area contributed by atoms with Crippen LogP contribution in [0.3, 0.4) is 0 Å². The molecule has 3 aromatic carbocycles. The van der Waals surface area contributed by atoms with Crippen LogP contribution in [0.2, 0.25) is 0 Å². The molecule has 0 spiro atoms. The number of piperidine rings is 1. The van der Waals surface area contributed by atoms with E-state index in [4.69, 9.17) is 0 Å². The van der Waals surface area contributed by atoms with Crippen LogP contribution >= 0.6 is 0 Å². The number of allylic oxidation sites excluding steroid dienone is 1. The molecule has 1 N–H and O–H groups in total. The van der Waals surface area contributed by atoms with Gasteiger partial charge in [-0.05, 0) is 84.2 Å². The van der Waals surface area contributed by atoms with Crippen molar-refractivity contribution >= 4 is 18.1 Å². The van der Waals surface area contributed by atoms with Gasteiger partial charge in [-0.25, -0.2) is 0 Å². The normalized spacial score (nSPS) is 21.7. The Bertz CT molecular complexity index is 1580. The molecule has 3 aromatic rings. The molecule has 1 amide bonds. The highest BCUT2D eigenvalue weighted by atomic mass is 16.3. The van der Waals surface area contributed by atoms with Gasteiger partial charge in [0, 0.05) is 50.5 Å². The summed E-state index contributed by atoms with van der Waals surface area (Å²) in [5.74, 6) is -0.0795. The molecular weight excluding hydrogens is 554 g/mol. The van der Waals surface area contributed by atoms with Crippen molar-refractivity contribution in [3.05, 3.63) is 117 Å². The summed E-state index contributed by atoms with van der Waals surface area (Å²) >= 11 is 0. The van der Waals surface area contributed by atoms with E-state index in [1.54, 1.807) is 0 Å². The van der Waals surface area contributed by atoms with Crippen molar-refractivity contribution in [3.63, 3.8) is 0 Å². The Kier molecular flexibility index (Phi) is 9.70. The molecule has 0 saturated carbocycles. The third kappa shape index (κ3) is 6.72. The number of likely N-dealkylation sites (tertiary alicyclic amines) is 1. The number of hydrogen-bond acceptors (Lipinski definition) is 4. The van der Waals surface area contributed by atoms with Crippen molar-refractivity contribution in [1.82, 2.24) is 14.7 Å². The van der Waals surface area contributed by atoms with Gasteiger partial charge in [-0.3, -0.25) is 14.6 Å². The molecule has 2 heterocycles. The second kappa shape index (κ2) is 13.9. The van der Waals surface area contributed by atoms with E-state index in [1.165, 1.54) is 27.5 Å². The van der Waals surface area contributed by atoms with E-state index >= 15 is 0 Å². The van der Waals surface area contributed by atoms with Gasteiger partial charge in [0.25, 0.3) is 0 Å². The average Bonchev–Trinajstić information content (AvgIpc) is 3.53. The highest BCUT2D eigenvalue weighted by molar-refractivity contribution is 5.87. The molecule has 0 aromatic heterocycles. The zero-order valence-electron chi connectivity index (χ0n) is 27.3. The second-order valence-corrected chi connectivity index (χ2v) is 13.4. The molecule has 1 fully saturated rings. The Morgan fingerprint density at radius 3 is 2.13 bits per heavy atom. The summed E-state index contributed by atoms with van der Waals surface area (Å²) in [7, 11) is 0. The lowest BCUT2D eigenvalue weighted by Gasteiger charge is -2.41. The summed E-state index contributed by atoms with van der Waals surface area (Å²) in [5.41, 5.74) is 7.62. The fourth-order valence-electron chi connectivity index (χ4n) is 8.16. The summed E-state index contributed by atoms with van der Waals surface area (Å²) in [4.78, 5) is 21.0. The first-order valence-corrected chi connectivity index (χ1v) is 16.9. The number of amides is 1. The molecule has 0 radical (unpaired) electrons. The number of hydrogen-bond donors (Lipinski definition) is 1. The van der Waals surface area contributed by atoms with Crippen molar-refractivity contribution in [2.24, 2.45) is 5.92 Å². The number of aliphatic hydroxyl groups is 1. The molecule has 5 nitrogen and oxygen atoms in total. The van der Waals surface area contributed by atoms with Crippen molar-refractivity contribution in [2.75, 3.05) is 19.6 Å². The monoisotopic (exact) mass is 603 g/mol. The average molecular weight is 604 g/mol. The predicted octanol–water partition coefficient (Wildman–Crippen LogP) is 5.25. The number of carbonyl (C=O) groups excluding carboxylic acids is 1. The highest BCUT2D eigenvalue weighted by Gasteiger charge is 2.42. The van der Waals surface area contributed by atoms with E-state index < -0.39 is 6.10 Å². The fraction of sp³-hybridized carbons (Fsp3) is 0.425. The maximum absolute atomic E-state index is 14.0. The minimum Gasteiger partial charge on any atom is -0.392 e. The first kappa shape index (κ1) is 31.5. The van der Waals surface area contributed by atoms with E-state index in [0.717, 1.165) is 68.4 Å². The summed E-state index contributed by atoms with van der Waals surface area (Å²) in [5, 5.41) is 13.9. The van der Waals surface area contributed by atoms with Crippen molar-refractivity contribution < 1.29 is 9.90 Å². The van der Waals surface area contributed by atoms with Gasteiger partial charge in [0.05, 0.1) is 12.0 Å². The predicted molar refractivity (Wildman–Crippen MR) is 183 cm³/mol. The van der Waals surface area contributed by atoms with E-state index in [2.05, 4.69) is 109 Å². The van der Waals surface area contributed by atoms with Crippen LogP contribution in [0, 0.1) is 5.92 Å². The van der Waals surface area contributed by atoms with Gasteiger partial charge < -0.3 is 10.0 Å². The minimum atomic E-state index is -0.596. The maximum atomic E-state index is 14.0. The van der Waals surface area contributed by atoms with Crippen LogP contribution < -0.4 is 10.4 Å². The Labute approximate surface area is 269 Å². The zero-order valence-corrected chi connectivity index (χ0v) is 27.3. The first-order chi connectivity index (χ1) is 21.8. The smallest absolute Gasteiger partial charge is 0.234 e. The fourth-order valence-corrected chi connectivity index (χ4v) is 8.16. The lowest BCUT2D eigenvalue weighted by molar-refractivity contribution is -0.134. The first-order valence-electron chi connectivity index (χ1n) is 16.9. The number of fused-ring (bicyclic) bond motifs is 1. The number of carbonyl (C=O) groups is 1. The number of rotatable bonds is 11. The largest absolute Gasteiger partial charge is 0.392 e. The lowest BCUT2D eigenvalue weighted by atomic mass is 9.94. The topological polar surface area (TPSA) is 47.0 Å². The third-order valence-corrected chi connectivity index (χ3v) is 10.5. The van der Waals surface area contributed by atoms with Gasteiger partial charge in [-0.2, -0.15) is 0 Å². The molecule has 236 valence electrons. The number of benzene rings is 3. The molecule has 45 heavy (non-hydrogen) atoms. The molecule has 3 aliphatic rings. The van der Waals surface area contributed by atoms with E-state index in [9.17, 15) is 9.90 Å². The van der Waals surface area contributed by atoms with Crippen LogP contribution in [-0.2, 0) is 24.3 Å². The summed E-state index contributed by atoms with van der Waals surface area (Å²) < 4.78 is 0. The highest BCUT2D eigenvalue weighted by Crippen LogP contribution is 2.37. The van der Waals surface area contributed by atoms with Gasteiger partial charge >= 0.3 is 0 Å². The van der Waals surface area contributed by atoms with Crippen LogP contribution in [0.1, 0.15) is 63.1 Å². The second-order valence-electron chi connectivity index (χ2n) is 13.4. The minimum absolute atomic E-state index is 0.177. The Hall–Kier alpha value is -3.51. The summed E-state index contributed by atoms with van der Waals surface area (Å²) in [6.45, 7) is 14.8. The maximum Gasteiger partial charge on any atom is 0.234 e. The van der Waals surface area contributed by atoms with E-state index in [0.29, 0.717) is 19.0 Å². The number of aliphatic hydroxyl groups excluding tert-OH is 1. The van der Waals surface area contributed by atoms with Crippen LogP contribution in [0.15, 0.2) is 90.1 Å². The molecule has 1 aliphatic carbocycles. The Morgan fingerprint density at radius 1 is 0.911 bits per heavy atom. The van der Waals surface area contributed by atoms with Crippen molar-refractivity contribution in [3.8, 4) is 0 Å². The molecular formula is C40H49N3O2. The van der Waals surface area contributed by atoms with Crippen molar-refractivity contribution in [1.29, 1.82) is 0 Å². The molecule has 3 atom stereocenters. The summed E-state index contributed by atoms with van der Waals surface area (Å²) in [6.07, 6.45) is 3.94. The van der Waals surface area contributed by atoms with Gasteiger partial charge in [0.1, 0.15) is 0 Å². The SMILES string of the molecule is C=c1cccc2c1=C(CC)C(N1CCC(N3C(=O)C(CC(O)CN(Cc4ccccc4)Cc4ccccc4)C(C)=C3C)CC1)C2. The lowest BCUT2D eigenvalue weighted by Crippen LogP contribution is -2.49. The molecule has 1 saturated heterocycles. The van der Waals surface area contributed by atoms with E-state index in [1.807, 2.05) is 12.1 Å². The molecule has 6 rings (SSSR count). The third-order valence-electron chi connectivity index (χ3n) is 10.5. The van der Waals surface area contributed by atoms with Crippen molar-refractivity contribution in [2.45, 2.75) is 84.2 Å². The quantitative estimate of drug-likeness (QED) is 0.325. The molecule has 5 heteroatoms. The van der Waals surface area contributed by atoms with Crippen LogP contribution in [0.5, 0.6) is 0 Å². The number of nitrogens with zero attached hydrogens (tertiary/aromatic N) is 3. The van der Waals surface area contributed by atoms with E-state index in [-0.39, 0.29) is 17.9 Å². The Morgan fingerprint density at radius 2 is 1.53 bits per heavy atom. The van der Waals surface area contributed by atoms with Gasteiger partial charge in [0.15, 0.2) is 0 Å². The van der Waals surface area contributed by atoms with Crippen LogP contribution in [0.25, 0.3) is 12.2 Å². The summed E-state index contributed by atoms with van der Waals surface area (Å²) in [6, 6.07) is 28.0. The molecule has 2 aliphatic heterocycles. The Balaban J connectivity index is 1.09. The van der Waals surface area contributed by atoms with Crippen LogP contribution in [0.4, 0.5) is 0 Å². The molecule has 3 unspecified atom stereocenters. The molecule has 0 bridgehead atoms. The standard InChI is InChI=1S/C40H49N3O2/c1-5-36-38(23-33-18-12-13-28(2)39(33)36)42-21-19-34(20-22-42)43-30(4)29(3)37(40(43)45)24-35(44)27-41(25-31-14-8-6-9-15-31)26-32-16-10-7-11-17-32/h6-18,34-35,37-38,44H,2,5,19-27H2,1,3-4H3. The van der Waals surface area contributed by atoms with Gasteiger partial charge in [0.2, 0.25) is 5.91 Å². The zero-order chi connectivity index (χ0) is 31.5.